The van der Waals surface area contributed by atoms with Crippen molar-refractivity contribution in [2.75, 3.05) is 18.2 Å². The van der Waals surface area contributed by atoms with Gasteiger partial charge in [0.1, 0.15) is 5.56 Å². The Morgan fingerprint density at radius 1 is 1.06 bits per heavy atom. The van der Waals surface area contributed by atoms with E-state index in [9.17, 15) is 14.4 Å². The fourth-order valence-corrected chi connectivity index (χ4v) is 4.00. The number of fused-ring (bicyclic) bond motifs is 1. The maximum atomic E-state index is 13.7. The first-order valence-corrected chi connectivity index (χ1v) is 11.2. The number of benzene rings is 2. The minimum absolute atomic E-state index is 0.0490. The van der Waals surface area contributed by atoms with E-state index in [-0.39, 0.29) is 21.9 Å². The van der Waals surface area contributed by atoms with E-state index in [0.717, 1.165) is 0 Å². The number of anilines is 1. The zero-order valence-electron chi connectivity index (χ0n) is 19.1. The summed E-state index contributed by atoms with van der Waals surface area (Å²) in [6, 6.07) is 17.2. The van der Waals surface area contributed by atoms with Crippen molar-refractivity contribution in [3.8, 4) is 5.75 Å². The SMILES string of the molecule is CCN(C(=O)c1c(OCOC(=O)c2cccnc2)c2c(Cl)cccc2n(C)c1=O)c1ccccc1. The average molecular weight is 492 g/mol. The van der Waals surface area contributed by atoms with Crippen molar-refractivity contribution >= 4 is 40.1 Å². The van der Waals surface area contributed by atoms with Gasteiger partial charge in [0.05, 0.1) is 21.5 Å². The van der Waals surface area contributed by atoms with Crippen LogP contribution in [-0.2, 0) is 11.8 Å². The fraction of sp³-hybridized carbons (Fsp3) is 0.154. The van der Waals surface area contributed by atoms with Gasteiger partial charge >= 0.3 is 5.97 Å². The molecule has 9 heteroatoms. The number of hydrogen-bond donors (Lipinski definition) is 0. The lowest BCUT2D eigenvalue weighted by atomic mass is 10.1. The van der Waals surface area contributed by atoms with Gasteiger partial charge in [0, 0.05) is 31.7 Å². The maximum absolute atomic E-state index is 13.7. The summed E-state index contributed by atoms with van der Waals surface area (Å²) in [6.07, 6.45) is 2.89. The third-order valence-electron chi connectivity index (χ3n) is 5.46. The number of halogens is 1. The first kappa shape index (κ1) is 24.0. The Balaban J connectivity index is 1.79. The lowest BCUT2D eigenvalue weighted by molar-refractivity contribution is 0.0156. The van der Waals surface area contributed by atoms with Crippen LogP contribution >= 0.6 is 11.6 Å². The summed E-state index contributed by atoms with van der Waals surface area (Å²) in [5.74, 6) is -1.27. The van der Waals surface area contributed by atoms with Crippen LogP contribution in [0.1, 0.15) is 27.6 Å². The van der Waals surface area contributed by atoms with E-state index in [4.69, 9.17) is 21.1 Å². The van der Waals surface area contributed by atoms with Gasteiger partial charge in [-0.3, -0.25) is 14.6 Å². The summed E-state index contributed by atoms with van der Waals surface area (Å²) in [5, 5.41) is 0.643. The van der Waals surface area contributed by atoms with Crippen molar-refractivity contribution in [1.29, 1.82) is 0 Å². The molecule has 35 heavy (non-hydrogen) atoms. The standard InChI is InChI=1S/C26H22ClN3O5/c1-3-30(18-10-5-4-6-11-18)25(32)22-23(34-16-35-26(33)17-9-8-14-28-15-17)21-19(27)12-7-13-20(21)29(2)24(22)31/h4-15H,3,16H2,1-2H3. The van der Waals surface area contributed by atoms with Crippen molar-refractivity contribution in [2.45, 2.75) is 6.92 Å². The number of ether oxygens (including phenoxy) is 2. The molecular formula is C26H22ClN3O5. The summed E-state index contributed by atoms with van der Waals surface area (Å²) in [7, 11) is 1.56. The summed E-state index contributed by atoms with van der Waals surface area (Å²) < 4.78 is 12.4. The van der Waals surface area contributed by atoms with E-state index >= 15 is 0 Å². The Labute approximate surface area is 206 Å². The summed E-state index contributed by atoms with van der Waals surface area (Å²) in [6.45, 7) is 1.57. The van der Waals surface area contributed by atoms with Crippen molar-refractivity contribution in [3.63, 3.8) is 0 Å². The van der Waals surface area contributed by atoms with E-state index in [2.05, 4.69) is 4.98 Å². The second kappa shape index (κ2) is 10.4. The summed E-state index contributed by atoms with van der Waals surface area (Å²) >= 11 is 6.49. The number of rotatable bonds is 7. The molecule has 8 nitrogen and oxygen atoms in total. The molecule has 0 aliphatic rings. The first-order chi connectivity index (χ1) is 16.9. The summed E-state index contributed by atoms with van der Waals surface area (Å²) in [5.41, 5.74) is 0.551. The van der Waals surface area contributed by atoms with Crippen molar-refractivity contribution in [3.05, 3.63) is 99.6 Å². The molecular weight excluding hydrogens is 470 g/mol. The second-order valence-electron chi connectivity index (χ2n) is 7.52. The molecule has 0 atom stereocenters. The summed E-state index contributed by atoms with van der Waals surface area (Å²) in [4.78, 5) is 44.8. The highest BCUT2D eigenvalue weighted by atomic mass is 35.5. The van der Waals surface area contributed by atoms with E-state index in [1.807, 2.05) is 6.07 Å². The van der Waals surface area contributed by atoms with Crippen LogP contribution in [0, 0.1) is 0 Å². The van der Waals surface area contributed by atoms with Gasteiger partial charge in [0.25, 0.3) is 11.5 Å². The number of para-hydroxylation sites is 1. The van der Waals surface area contributed by atoms with E-state index in [1.54, 1.807) is 68.6 Å². The number of esters is 1. The van der Waals surface area contributed by atoms with Crippen molar-refractivity contribution < 1.29 is 19.1 Å². The van der Waals surface area contributed by atoms with Crippen molar-refractivity contribution in [2.24, 2.45) is 7.05 Å². The number of aryl methyl sites for hydroxylation is 1. The normalized spacial score (nSPS) is 10.7. The zero-order valence-corrected chi connectivity index (χ0v) is 19.9. The Bertz CT molecular complexity index is 1440. The van der Waals surface area contributed by atoms with Crippen LogP contribution in [0.2, 0.25) is 5.02 Å². The predicted octanol–water partition coefficient (Wildman–Crippen LogP) is 4.45. The lowest BCUT2D eigenvalue weighted by Crippen LogP contribution is -2.37. The van der Waals surface area contributed by atoms with Gasteiger partial charge in [-0.15, -0.1) is 0 Å². The minimum Gasteiger partial charge on any atom is -0.456 e. The molecule has 0 saturated heterocycles. The largest absolute Gasteiger partial charge is 0.456 e. The van der Waals surface area contributed by atoms with Gasteiger partial charge in [-0.2, -0.15) is 0 Å². The van der Waals surface area contributed by atoms with Gasteiger partial charge < -0.3 is 18.9 Å². The van der Waals surface area contributed by atoms with Crippen LogP contribution in [0.25, 0.3) is 10.9 Å². The number of nitrogens with zero attached hydrogens (tertiary/aromatic N) is 3. The molecule has 0 unspecified atom stereocenters. The molecule has 0 N–H and O–H groups in total. The van der Waals surface area contributed by atoms with Crippen LogP contribution in [0.5, 0.6) is 5.75 Å². The lowest BCUT2D eigenvalue weighted by Gasteiger charge is -2.23. The first-order valence-electron chi connectivity index (χ1n) is 10.8. The number of aromatic nitrogens is 2. The predicted molar refractivity (Wildman–Crippen MR) is 133 cm³/mol. The van der Waals surface area contributed by atoms with E-state index < -0.39 is 24.2 Å². The molecule has 4 rings (SSSR count). The van der Waals surface area contributed by atoms with Gasteiger partial charge in [0.2, 0.25) is 6.79 Å². The van der Waals surface area contributed by atoms with Gasteiger partial charge in [-0.1, -0.05) is 35.9 Å². The number of pyridine rings is 2. The monoisotopic (exact) mass is 491 g/mol. The number of carbonyl (C=O) groups excluding carboxylic acids is 2. The molecule has 2 heterocycles. The number of amides is 1. The maximum Gasteiger partial charge on any atom is 0.342 e. The zero-order chi connectivity index (χ0) is 24.9. The molecule has 1 amide bonds. The topological polar surface area (TPSA) is 90.7 Å². The Morgan fingerprint density at radius 3 is 2.51 bits per heavy atom. The molecule has 2 aromatic heterocycles. The van der Waals surface area contributed by atoms with E-state index in [0.29, 0.717) is 23.1 Å². The molecule has 0 aliphatic carbocycles. The van der Waals surface area contributed by atoms with Gasteiger partial charge in [-0.25, -0.2) is 4.79 Å². The molecule has 0 fully saturated rings. The molecule has 2 aromatic carbocycles. The van der Waals surface area contributed by atoms with Crippen LogP contribution in [0.15, 0.2) is 77.9 Å². The highest BCUT2D eigenvalue weighted by Gasteiger charge is 2.28. The molecule has 0 bridgehead atoms. The minimum atomic E-state index is -0.662. The van der Waals surface area contributed by atoms with Gasteiger partial charge in [-0.05, 0) is 43.3 Å². The Kier molecular flexibility index (Phi) is 7.12. The smallest absolute Gasteiger partial charge is 0.342 e. The molecule has 0 aliphatic heterocycles. The molecule has 0 spiro atoms. The third-order valence-corrected chi connectivity index (χ3v) is 5.77. The van der Waals surface area contributed by atoms with Crippen LogP contribution in [-0.4, -0.2) is 34.8 Å². The number of carbonyl (C=O) groups is 2. The number of hydrogen-bond acceptors (Lipinski definition) is 6. The van der Waals surface area contributed by atoms with Crippen LogP contribution in [0.3, 0.4) is 0 Å². The Hall–Kier alpha value is -4.17. The highest BCUT2D eigenvalue weighted by Crippen LogP contribution is 2.34. The Morgan fingerprint density at radius 2 is 1.83 bits per heavy atom. The third kappa shape index (κ3) is 4.74. The molecule has 0 saturated carbocycles. The van der Waals surface area contributed by atoms with Crippen LogP contribution in [0.4, 0.5) is 5.69 Å². The van der Waals surface area contributed by atoms with E-state index in [1.165, 1.54) is 21.9 Å². The molecule has 4 aromatic rings. The highest BCUT2D eigenvalue weighted by molar-refractivity contribution is 6.36. The van der Waals surface area contributed by atoms with Crippen LogP contribution < -0.4 is 15.2 Å². The quantitative estimate of drug-likeness (QED) is 0.280. The van der Waals surface area contributed by atoms with Crippen molar-refractivity contribution in [1.82, 2.24) is 9.55 Å². The van der Waals surface area contributed by atoms with Gasteiger partial charge in [0.15, 0.2) is 5.75 Å². The fourth-order valence-electron chi connectivity index (χ4n) is 3.74. The molecule has 0 radical (unpaired) electrons. The molecule has 178 valence electrons. The average Bonchev–Trinajstić information content (AvgIpc) is 2.88. The second-order valence-corrected chi connectivity index (χ2v) is 7.93.